The van der Waals surface area contributed by atoms with Crippen molar-refractivity contribution in [2.24, 2.45) is 0 Å². The Balaban J connectivity index is 1.41. The standard InChI is InChI=1S/C23H25F3N4O2/c1-29(21-8-4-7-20-28-19(14-30(20)21)23(24,25)26)17-11-9-16(10-12-17)27-22(31)15-5-3-6-18(13-15)32-2/h3-8,13-14,16-17H,9-12H2,1-2H3,(H,27,31)/t16-,17+. The lowest BCUT2D eigenvalue weighted by atomic mass is 9.90. The maximum Gasteiger partial charge on any atom is 0.434 e. The van der Waals surface area contributed by atoms with Crippen molar-refractivity contribution >= 4 is 17.4 Å². The number of carbonyl (C=O) groups excluding carboxylic acids is 1. The van der Waals surface area contributed by atoms with Gasteiger partial charge in [-0.15, -0.1) is 0 Å². The number of pyridine rings is 1. The fraction of sp³-hybridized carbons (Fsp3) is 0.391. The highest BCUT2D eigenvalue weighted by molar-refractivity contribution is 5.94. The molecule has 0 spiro atoms. The van der Waals surface area contributed by atoms with Gasteiger partial charge in [0.1, 0.15) is 17.2 Å². The number of benzene rings is 1. The Morgan fingerprint density at radius 3 is 2.56 bits per heavy atom. The normalized spacial score (nSPS) is 19.0. The summed E-state index contributed by atoms with van der Waals surface area (Å²) in [5, 5.41) is 3.08. The lowest BCUT2D eigenvalue weighted by Crippen LogP contribution is -2.43. The first-order valence-electron chi connectivity index (χ1n) is 10.5. The van der Waals surface area contributed by atoms with Crippen molar-refractivity contribution in [1.29, 1.82) is 0 Å². The lowest BCUT2D eigenvalue weighted by molar-refractivity contribution is -0.140. The smallest absolute Gasteiger partial charge is 0.434 e. The van der Waals surface area contributed by atoms with Crippen LogP contribution >= 0.6 is 0 Å². The predicted molar refractivity (Wildman–Crippen MR) is 115 cm³/mol. The maximum atomic E-state index is 13.1. The largest absolute Gasteiger partial charge is 0.497 e. The van der Waals surface area contributed by atoms with Gasteiger partial charge >= 0.3 is 6.18 Å². The van der Waals surface area contributed by atoms with Gasteiger partial charge in [0.15, 0.2) is 5.69 Å². The molecule has 1 fully saturated rings. The Morgan fingerprint density at radius 1 is 1.16 bits per heavy atom. The van der Waals surface area contributed by atoms with Crippen LogP contribution in [0.1, 0.15) is 41.7 Å². The van der Waals surface area contributed by atoms with Crippen molar-refractivity contribution in [3.63, 3.8) is 0 Å². The van der Waals surface area contributed by atoms with Gasteiger partial charge in [0.2, 0.25) is 0 Å². The first-order valence-corrected chi connectivity index (χ1v) is 10.5. The molecule has 1 amide bonds. The van der Waals surface area contributed by atoms with Crippen LogP contribution < -0.4 is 15.0 Å². The number of aromatic nitrogens is 2. The van der Waals surface area contributed by atoms with Gasteiger partial charge in [-0.05, 0) is 56.0 Å². The van der Waals surface area contributed by atoms with Crippen LogP contribution in [0.25, 0.3) is 5.65 Å². The van der Waals surface area contributed by atoms with E-state index in [1.54, 1.807) is 49.6 Å². The molecule has 0 atom stereocenters. The van der Waals surface area contributed by atoms with Gasteiger partial charge < -0.3 is 15.0 Å². The van der Waals surface area contributed by atoms with Crippen LogP contribution in [0.3, 0.4) is 0 Å². The van der Waals surface area contributed by atoms with Crippen LogP contribution in [0.5, 0.6) is 5.75 Å². The van der Waals surface area contributed by atoms with Crippen molar-refractivity contribution in [3.05, 3.63) is 59.9 Å². The first kappa shape index (κ1) is 22.0. The Bertz CT molecular complexity index is 1100. The molecule has 0 bridgehead atoms. The highest BCUT2D eigenvalue weighted by atomic mass is 19.4. The highest BCUT2D eigenvalue weighted by Gasteiger charge is 2.34. The quantitative estimate of drug-likeness (QED) is 0.625. The minimum atomic E-state index is -4.49. The Labute approximate surface area is 184 Å². The Morgan fingerprint density at radius 2 is 1.88 bits per heavy atom. The molecule has 2 heterocycles. The zero-order valence-corrected chi connectivity index (χ0v) is 17.9. The monoisotopic (exact) mass is 446 g/mol. The third-order valence-corrected chi connectivity index (χ3v) is 6.03. The van der Waals surface area contributed by atoms with Gasteiger partial charge in [-0.3, -0.25) is 9.20 Å². The van der Waals surface area contributed by atoms with Crippen LogP contribution in [0.15, 0.2) is 48.7 Å². The molecule has 9 heteroatoms. The number of carbonyl (C=O) groups is 1. The fourth-order valence-corrected chi connectivity index (χ4v) is 4.25. The van der Waals surface area contributed by atoms with Crippen LogP contribution in [-0.2, 0) is 6.18 Å². The average molecular weight is 446 g/mol. The zero-order chi connectivity index (χ0) is 22.9. The summed E-state index contributed by atoms with van der Waals surface area (Å²) < 4.78 is 45.9. The summed E-state index contributed by atoms with van der Waals surface area (Å²) in [4.78, 5) is 18.3. The molecule has 1 aliphatic carbocycles. The third kappa shape index (κ3) is 4.51. The van der Waals surface area contributed by atoms with Crippen molar-refractivity contribution in [2.75, 3.05) is 19.1 Å². The van der Waals surface area contributed by atoms with E-state index in [2.05, 4.69) is 10.3 Å². The van der Waals surface area contributed by atoms with Crippen LogP contribution in [0, 0.1) is 0 Å². The lowest BCUT2D eigenvalue weighted by Gasteiger charge is -2.36. The number of alkyl halides is 3. The number of halogens is 3. The summed E-state index contributed by atoms with van der Waals surface area (Å²) in [6.07, 6.45) is -0.230. The second-order valence-corrected chi connectivity index (χ2v) is 8.06. The molecule has 32 heavy (non-hydrogen) atoms. The van der Waals surface area contributed by atoms with Gasteiger partial charge in [0, 0.05) is 30.9 Å². The number of rotatable bonds is 5. The average Bonchev–Trinajstić information content (AvgIpc) is 3.24. The summed E-state index contributed by atoms with van der Waals surface area (Å²) in [5.74, 6) is 1.16. The number of hydrogen-bond donors (Lipinski definition) is 1. The summed E-state index contributed by atoms with van der Waals surface area (Å²) in [7, 11) is 3.45. The molecule has 3 aromatic rings. The first-order chi connectivity index (χ1) is 15.3. The molecule has 170 valence electrons. The van der Waals surface area contributed by atoms with Gasteiger partial charge in [-0.2, -0.15) is 13.2 Å². The van der Waals surface area contributed by atoms with Crippen molar-refractivity contribution in [2.45, 2.75) is 43.9 Å². The van der Waals surface area contributed by atoms with Crippen LogP contribution in [0.2, 0.25) is 0 Å². The van der Waals surface area contributed by atoms with Gasteiger partial charge in [-0.25, -0.2) is 4.98 Å². The molecule has 1 N–H and O–H groups in total. The van der Waals surface area contributed by atoms with Crippen LogP contribution in [-0.4, -0.2) is 41.5 Å². The summed E-state index contributed by atoms with van der Waals surface area (Å²) in [6.45, 7) is 0. The SMILES string of the molecule is COc1cccc(C(=O)N[C@H]2CC[C@@H](N(C)c3cccc4nc(C(F)(F)F)cn34)CC2)c1. The minimum absolute atomic E-state index is 0.0548. The minimum Gasteiger partial charge on any atom is -0.497 e. The van der Waals surface area contributed by atoms with Crippen LogP contribution in [0.4, 0.5) is 19.0 Å². The van der Waals surface area contributed by atoms with Gasteiger partial charge in [0.25, 0.3) is 5.91 Å². The second-order valence-electron chi connectivity index (χ2n) is 8.06. The predicted octanol–water partition coefficient (Wildman–Crippen LogP) is 4.54. The Hall–Kier alpha value is -3.23. The molecule has 2 aromatic heterocycles. The number of nitrogens with one attached hydrogen (secondary N) is 1. The number of anilines is 1. The molecule has 0 saturated heterocycles. The van der Waals surface area contributed by atoms with Gasteiger partial charge in [0.05, 0.1) is 7.11 Å². The number of ether oxygens (including phenoxy) is 1. The number of nitrogens with zero attached hydrogens (tertiary/aromatic N) is 3. The molecular weight excluding hydrogens is 421 g/mol. The third-order valence-electron chi connectivity index (χ3n) is 6.03. The van der Waals surface area contributed by atoms with E-state index >= 15 is 0 Å². The summed E-state index contributed by atoms with van der Waals surface area (Å²) in [6, 6.07) is 12.3. The maximum absolute atomic E-state index is 13.1. The molecule has 0 radical (unpaired) electrons. The van der Waals surface area contributed by atoms with Crippen molar-refractivity contribution in [3.8, 4) is 5.75 Å². The molecule has 4 rings (SSSR count). The zero-order valence-electron chi connectivity index (χ0n) is 17.9. The van der Waals surface area contributed by atoms with E-state index in [0.29, 0.717) is 17.1 Å². The van der Waals surface area contributed by atoms with E-state index in [1.807, 2.05) is 11.9 Å². The van der Waals surface area contributed by atoms with Crippen molar-refractivity contribution in [1.82, 2.24) is 14.7 Å². The molecule has 1 aliphatic rings. The number of methoxy groups -OCH3 is 1. The van der Waals surface area contributed by atoms with E-state index in [1.165, 1.54) is 4.40 Å². The number of amides is 1. The fourth-order valence-electron chi connectivity index (χ4n) is 4.25. The molecule has 0 aliphatic heterocycles. The van der Waals surface area contributed by atoms with E-state index < -0.39 is 11.9 Å². The second kappa shape index (κ2) is 8.72. The van der Waals surface area contributed by atoms with Gasteiger partial charge in [-0.1, -0.05) is 12.1 Å². The summed E-state index contributed by atoms with van der Waals surface area (Å²) >= 11 is 0. The molecule has 1 aromatic carbocycles. The Kier molecular flexibility index (Phi) is 5.99. The topological polar surface area (TPSA) is 58.9 Å². The molecule has 1 saturated carbocycles. The van der Waals surface area contributed by atoms with E-state index in [-0.39, 0.29) is 23.6 Å². The number of fused-ring (bicyclic) bond motifs is 1. The molecule has 0 unspecified atom stereocenters. The number of imidazole rings is 1. The number of hydrogen-bond acceptors (Lipinski definition) is 4. The molecular formula is C23H25F3N4O2. The van der Waals surface area contributed by atoms with E-state index in [9.17, 15) is 18.0 Å². The van der Waals surface area contributed by atoms with Crippen molar-refractivity contribution < 1.29 is 22.7 Å². The highest BCUT2D eigenvalue weighted by Crippen LogP contribution is 2.31. The molecule has 6 nitrogen and oxygen atoms in total. The van der Waals surface area contributed by atoms with E-state index in [0.717, 1.165) is 31.9 Å². The summed E-state index contributed by atoms with van der Waals surface area (Å²) in [5.41, 5.74) is -0.0842. The van der Waals surface area contributed by atoms with E-state index in [4.69, 9.17) is 4.74 Å².